The van der Waals surface area contributed by atoms with Crippen LogP contribution in [0.2, 0.25) is 5.02 Å². The van der Waals surface area contributed by atoms with E-state index < -0.39 is 11.6 Å². The maximum Gasteiger partial charge on any atom is 0.255 e. The van der Waals surface area contributed by atoms with Crippen LogP contribution >= 0.6 is 11.6 Å². The maximum atomic E-state index is 13.8. The zero-order valence-electron chi connectivity index (χ0n) is 13.0. The Balaban J connectivity index is 1.83. The van der Waals surface area contributed by atoms with Crippen molar-refractivity contribution in [3.63, 3.8) is 0 Å². The fraction of sp³-hybridized carbons (Fsp3) is 0. The van der Waals surface area contributed by atoms with E-state index in [4.69, 9.17) is 11.6 Å². The van der Waals surface area contributed by atoms with E-state index in [2.05, 4.69) is 5.32 Å². The van der Waals surface area contributed by atoms with Crippen molar-refractivity contribution in [3.05, 3.63) is 100 Å². The summed E-state index contributed by atoms with van der Waals surface area (Å²) in [6.07, 6.45) is 0. The van der Waals surface area contributed by atoms with Crippen LogP contribution < -0.4 is 5.32 Å². The summed E-state index contributed by atoms with van der Waals surface area (Å²) in [6.45, 7) is 0. The molecule has 0 aliphatic rings. The molecule has 0 bridgehead atoms. The van der Waals surface area contributed by atoms with Crippen molar-refractivity contribution in [3.8, 4) is 0 Å². The number of benzene rings is 3. The minimum absolute atomic E-state index is 0.0131. The number of nitrogens with one attached hydrogen (secondary N) is 1. The number of halogens is 2. The second kappa shape index (κ2) is 7.28. The smallest absolute Gasteiger partial charge is 0.255 e. The number of amides is 1. The van der Waals surface area contributed by atoms with E-state index in [1.54, 1.807) is 48.5 Å². The van der Waals surface area contributed by atoms with Gasteiger partial charge in [-0.25, -0.2) is 4.39 Å². The zero-order valence-corrected chi connectivity index (χ0v) is 13.8. The molecule has 1 N–H and O–H groups in total. The lowest BCUT2D eigenvalue weighted by Crippen LogP contribution is -2.12. The molecule has 0 heterocycles. The molecule has 0 aromatic heterocycles. The monoisotopic (exact) mass is 353 g/mol. The minimum Gasteiger partial charge on any atom is -0.322 e. The molecule has 3 rings (SSSR count). The minimum atomic E-state index is -0.583. The fourth-order valence-corrected chi connectivity index (χ4v) is 2.56. The fourth-order valence-electron chi connectivity index (χ4n) is 2.37. The van der Waals surface area contributed by atoms with Gasteiger partial charge in [-0.2, -0.15) is 0 Å². The van der Waals surface area contributed by atoms with Crippen molar-refractivity contribution in [2.75, 3.05) is 5.32 Å². The molecule has 1 amide bonds. The maximum absolute atomic E-state index is 13.8. The van der Waals surface area contributed by atoms with Crippen LogP contribution in [0.5, 0.6) is 0 Å². The third kappa shape index (κ3) is 3.92. The van der Waals surface area contributed by atoms with Crippen LogP contribution in [0.15, 0.2) is 72.8 Å². The van der Waals surface area contributed by atoms with E-state index in [-0.39, 0.29) is 17.0 Å². The number of ketones is 1. The number of carbonyl (C=O) groups excluding carboxylic acids is 2. The predicted octanol–water partition coefficient (Wildman–Crippen LogP) is 4.96. The lowest BCUT2D eigenvalue weighted by molar-refractivity contribution is 0.102. The Labute approximate surface area is 149 Å². The topological polar surface area (TPSA) is 46.2 Å². The first-order valence-corrected chi connectivity index (χ1v) is 7.88. The molecular weight excluding hydrogens is 341 g/mol. The van der Waals surface area contributed by atoms with E-state index in [0.29, 0.717) is 16.3 Å². The largest absolute Gasteiger partial charge is 0.322 e. The molecule has 0 unspecified atom stereocenters. The van der Waals surface area contributed by atoms with Crippen LogP contribution in [0.3, 0.4) is 0 Å². The Hall–Kier alpha value is -2.98. The lowest BCUT2D eigenvalue weighted by Gasteiger charge is -2.08. The Morgan fingerprint density at radius 3 is 2.32 bits per heavy atom. The van der Waals surface area contributed by atoms with Crippen molar-refractivity contribution in [2.45, 2.75) is 0 Å². The molecule has 25 heavy (non-hydrogen) atoms. The van der Waals surface area contributed by atoms with Crippen molar-refractivity contribution in [2.24, 2.45) is 0 Å². The van der Waals surface area contributed by atoms with E-state index in [0.717, 1.165) is 0 Å². The van der Waals surface area contributed by atoms with Gasteiger partial charge in [-0.05, 0) is 42.5 Å². The Morgan fingerprint density at radius 2 is 1.56 bits per heavy atom. The normalized spacial score (nSPS) is 10.3. The van der Waals surface area contributed by atoms with Crippen molar-refractivity contribution in [1.29, 1.82) is 0 Å². The molecule has 0 aliphatic heterocycles. The average Bonchev–Trinajstić information content (AvgIpc) is 2.62. The number of hydrogen-bond acceptors (Lipinski definition) is 2. The van der Waals surface area contributed by atoms with E-state index in [1.165, 1.54) is 24.3 Å². The molecule has 3 aromatic carbocycles. The van der Waals surface area contributed by atoms with Gasteiger partial charge in [0.15, 0.2) is 5.78 Å². The van der Waals surface area contributed by atoms with Gasteiger partial charge in [0.05, 0.1) is 5.56 Å². The van der Waals surface area contributed by atoms with Gasteiger partial charge >= 0.3 is 0 Å². The number of carbonyl (C=O) groups is 2. The molecule has 0 fully saturated rings. The first-order valence-electron chi connectivity index (χ1n) is 7.51. The summed E-state index contributed by atoms with van der Waals surface area (Å²) in [5, 5.41) is 3.16. The molecule has 0 aliphatic carbocycles. The SMILES string of the molecule is O=C(Nc1cccc(C(=O)c2ccccc2F)c1)c1cccc(Cl)c1. The summed E-state index contributed by atoms with van der Waals surface area (Å²) in [7, 11) is 0. The molecule has 0 spiro atoms. The number of anilines is 1. The summed E-state index contributed by atoms with van der Waals surface area (Å²) in [6, 6.07) is 18.7. The Bertz CT molecular complexity index is 956. The first-order chi connectivity index (χ1) is 12.0. The second-order valence-corrected chi connectivity index (χ2v) is 5.79. The summed E-state index contributed by atoms with van der Waals surface area (Å²) >= 11 is 5.88. The van der Waals surface area contributed by atoms with Gasteiger partial charge < -0.3 is 5.32 Å². The molecule has 3 aromatic rings. The van der Waals surface area contributed by atoms with Crippen LogP contribution in [0.4, 0.5) is 10.1 Å². The summed E-state index contributed by atoms with van der Waals surface area (Å²) in [4.78, 5) is 24.7. The predicted molar refractivity (Wildman–Crippen MR) is 95.7 cm³/mol. The van der Waals surface area contributed by atoms with Gasteiger partial charge in [-0.15, -0.1) is 0 Å². The van der Waals surface area contributed by atoms with Crippen LogP contribution in [0.25, 0.3) is 0 Å². The van der Waals surface area contributed by atoms with Crippen LogP contribution in [-0.4, -0.2) is 11.7 Å². The van der Waals surface area contributed by atoms with Gasteiger partial charge in [0.1, 0.15) is 5.82 Å². The van der Waals surface area contributed by atoms with Crippen LogP contribution in [0.1, 0.15) is 26.3 Å². The van der Waals surface area contributed by atoms with Gasteiger partial charge in [0.2, 0.25) is 0 Å². The summed E-state index contributed by atoms with van der Waals surface area (Å²) < 4.78 is 13.8. The molecular formula is C20H13ClFNO2. The molecule has 0 radical (unpaired) electrons. The average molecular weight is 354 g/mol. The third-order valence-corrected chi connectivity index (χ3v) is 3.82. The first kappa shape index (κ1) is 16.9. The van der Waals surface area contributed by atoms with Gasteiger partial charge in [-0.1, -0.05) is 41.9 Å². The highest BCUT2D eigenvalue weighted by Gasteiger charge is 2.14. The van der Waals surface area contributed by atoms with Gasteiger partial charge in [-0.3, -0.25) is 9.59 Å². The van der Waals surface area contributed by atoms with Crippen LogP contribution in [0, 0.1) is 5.82 Å². The summed E-state index contributed by atoms with van der Waals surface area (Å²) in [5.74, 6) is -1.38. The molecule has 124 valence electrons. The van der Waals surface area contributed by atoms with Gasteiger partial charge in [0.25, 0.3) is 5.91 Å². The third-order valence-electron chi connectivity index (χ3n) is 3.59. The standard InChI is InChI=1S/C20H13ClFNO2/c21-15-7-3-6-14(11-15)20(25)23-16-8-4-5-13(12-16)19(24)17-9-1-2-10-18(17)22/h1-12H,(H,23,25). The highest BCUT2D eigenvalue weighted by atomic mass is 35.5. The Kier molecular flexibility index (Phi) is 4.91. The quantitative estimate of drug-likeness (QED) is 0.674. The van der Waals surface area contributed by atoms with Gasteiger partial charge in [0, 0.05) is 21.8 Å². The van der Waals surface area contributed by atoms with Crippen molar-refractivity contribution < 1.29 is 14.0 Å². The van der Waals surface area contributed by atoms with Crippen molar-refractivity contribution in [1.82, 2.24) is 0 Å². The Morgan fingerprint density at radius 1 is 0.840 bits per heavy atom. The second-order valence-electron chi connectivity index (χ2n) is 5.35. The zero-order chi connectivity index (χ0) is 17.8. The molecule has 3 nitrogen and oxygen atoms in total. The molecule has 0 saturated heterocycles. The van der Waals surface area contributed by atoms with E-state index in [9.17, 15) is 14.0 Å². The van der Waals surface area contributed by atoms with E-state index >= 15 is 0 Å². The summed E-state index contributed by atoms with van der Waals surface area (Å²) in [5.41, 5.74) is 1.11. The van der Waals surface area contributed by atoms with Crippen LogP contribution in [-0.2, 0) is 0 Å². The van der Waals surface area contributed by atoms with Crippen molar-refractivity contribution >= 4 is 29.0 Å². The molecule has 5 heteroatoms. The highest BCUT2D eigenvalue weighted by Crippen LogP contribution is 2.18. The number of hydrogen-bond donors (Lipinski definition) is 1. The van der Waals surface area contributed by atoms with E-state index in [1.807, 2.05) is 0 Å². The highest BCUT2D eigenvalue weighted by molar-refractivity contribution is 6.31. The number of rotatable bonds is 4. The molecule has 0 atom stereocenters. The lowest BCUT2D eigenvalue weighted by atomic mass is 10.0. The molecule has 0 saturated carbocycles.